The maximum atomic E-state index is 8.79. The normalized spacial score (nSPS) is 9.08. The van der Waals surface area contributed by atoms with Crippen LogP contribution in [-0.4, -0.2) is 10.1 Å². The van der Waals surface area contributed by atoms with Crippen molar-refractivity contribution in [2.24, 2.45) is 0 Å². The molecule has 2 aromatic carbocycles. The average molecular weight is 329 g/mol. The molecule has 0 atom stereocenters. The zero-order valence-corrected chi connectivity index (χ0v) is 13.5. The largest absolute Gasteiger partial charge is 0.508 e. The summed E-state index contributed by atoms with van der Waals surface area (Å²) < 4.78 is 5.54. The minimum absolute atomic E-state index is 0.133. The molecule has 1 aromatic heterocycles. The number of ether oxygens (including phenoxy) is 1. The molecule has 3 rings (SSSR count). The van der Waals surface area contributed by atoms with Crippen molar-refractivity contribution in [3.05, 3.63) is 83.6 Å². The van der Waals surface area contributed by atoms with Crippen LogP contribution in [0.15, 0.2) is 66.9 Å². The van der Waals surface area contributed by atoms with E-state index in [0.29, 0.717) is 22.8 Å². The van der Waals surface area contributed by atoms with Gasteiger partial charge in [-0.2, -0.15) is 10.5 Å². The molecule has 0 fully saturated rings. The van der Waals surface area contributed by atoms with Crippen molar-refractivity contribution in [1.82, 2.24) is 4.98 Å². The van der Waals surface area contributed by atoms with E-state index in [1.165, 1.54) is 12.1 Å². The van der Waals surface area contributed by atoms with Crippen LogP contribution in [0.4, 0.5) is 0 Å². The first-order valence-electron chi connectivity index (χ1n) is 7.40. The Morgan fingerprint density at radius 3 is 2.20 bits per heavy atom. The Morgan fingerprint density at radius 1 is 0.920 bits per heavy atom. The van der Waals surface area contributed by atoms with E-state index in [1.54, 1.807) is 42.6 Å². The molecule has 0 saturated carbocycles. The molecule has 0 aliphatic rings. The summed E-state index contributed by atoms with van der Waals surface area (Å²) in [5, 5.41) is 25.8. The van der Waals surface area contributed by atoms with E-state index >= 15 is 0 Å². The van der Waals surface area contributed by atoms with Gasteiger partial charge >= 0.3 is 0 Å². The van der Waals surface area contributed by atoms with Gasteiger partial charge in [-0.25, -0.2) is 4.98 Å². The molecule has 0 radical (unpaired) electrons. The molecule has 0 spiro atoms. The van der Waals surface area contributed by atoms with Gasteiger partial charge in [-0.15, -0.1) is 0 Å². The first kappa shape index (κ1) is 17.5. The van der Waals surface area contributed by atoms with Crippen LogP contribution >= 0.6 is 0 Å². The molecule has 5 nitrogen and oxygen atoms in total. The number of pyridine rings is 1. The second kappa shape index (κ2) is 8.71. The summed E-state index contributed by atoms with van der Waals surface area (Å²) in [6.45, 7) is 1.97. The summed E-state index contributed by atoms with van der Waals surface area (Å²) in [6.07, 6.45) is 1.69. The van der Waals surface area contributed by atoms with Gasteiger partial charge in [-0.05, 0) is 55.0 Å². The molecule has 1 N–H and O–H groups in total. The average Bonchev–Trinajstić information content (AvgIpc) is 2.62. The number of rotatable bonds is 2. The van der Waals surface area contributed by atoms with Gasteiger partial charge in [0.25, 0.3) is 0 Å². The van der Waals surface area contributed by atoms with Gasteiger partial charge in [0.1, 0.15) is 11.5 Å². The van der Waals surface area contributed by atoms with E-state index in [1.807, 2.05) is 25.1 Å². The molecular formula is C20H15N3O2. The number of hydrogen-bond acceptors (Lipinski definition) is 5. The monoisotopic (exact) mass is 329 g/mol. The van der Waals surface area contributed by atoms with Crippen LogP contribution < -0.4 is 4.74 Å². The predicted octanol–water partition coefficient (Wildman–Crippen LogP) is 4.32. The number of aryl methyl sites for hydroxylation is 1. The van der Waals surface area contributed by atoms with Crippen molar-refractivity contribution < 1.29 is 9.84 Å². The molecule has 5 heteroatoms. The summed E-state index contributed by atoms with van der Waals surface area (Å²) in [5.41, 5.74) is 2.14. The van der Waals surface area contributed by atoms with Crippen LogP contribution in [0.5, 0.6) is 17.4 Å². The molecule has 1 heterocycles. The lowest BCUT2D eigenvalue weighted by molar-refractivity contribution is 0.462. The molecule has 122 valence electrons. The fourth-order valence-corrected chi connectivity index (χ4v) is 1.89. The lowest BCUT2D eigenvalue weighted by Crippen LogP contribution is -1.88. The quantitative estimate of drug-likeness (QED) is 0.756. The first-order chi connectivity index (χ1) is 12.1. The van der Waals surface area contributed by atoms with Gasteiger partial charge in [0.2, 0.25) is 5.88 Å². The Labute approximate surface area is 146 Å². The fraction of sp³-hybridized carbons (Fsp3) is 0.0500. The summed E-state index contributed by atoms with van der Waals surface area (Å²) >= 11 is 0. The number of aromatic hydroxyl groups is 1. The first-order valence-corrected chi connectivity index (χ1v) is 7.40. The van der Waals surface area contributed by atoms with E-state index in [9.17, 15) is 0 Å². The van der Waals surface area contributed by atoms with Gasteiger partial charge in [-0.1, -0.05) is 12.1 Å². The predicted molar refractivity (Wildman–Crippen MR) is 93.0 cm³/mol. The molecule has 0 aliphatic heterocycles. The van der Waals surface area contributed by atoms with Gasteiger partial charge in [0.15, 0.2) is 0 Å². The van der Waals surface area contributed by atoms with E-state index in [2.05, 4.69) is 11.1 Å². The maximum Gasteiger partial charge on any atom is 0.219 e. The van der Waals surface area contributed by atoms with Crippen molar-refractivity contribution in [3.63, 3.8) is 0 Å². The summed E-state index contributed by atoms with van der Waals surface area (Å²) in [6, 6.07) is 20.9. The summed E-state index contributed by atoms with van der Waals surface area (Å²) in [7, 11) is 0. The zero-order valence-electron chi connectivity index (χ0n) is 13.5. The molecule has 0 saturated heterocycles. The molecule has 0 bridgehead atoms. The van der Waals surface area contributed by atoms with Crippen LogP contribution in [0.3, 0.4) is 0 Å². The summed E-state index contributed by atoms with van der Waals surface area (Å²) in [4.78, 5) is 4.09. The number of phenols is 1. The lowest BCUT2D eigenvalue weighted by Gasteiger charge is -2.04. The SMILES string of the molecule is Cc1ccnc(Oc2cccc(C#N)c2)c1.N#Cc1cccc(O)c1. The third kappa shape index (κ3) is 5.70. The smallest absolute Gasteiger partial charge is 0.219 e. The maximum absolute atomic E-state index is 8.79. The lowest BCUT2D eigenvalue weighted by atomic mass is 10.2. The van der Waals surface area contributed by atoms with Gasteiger partial charge in [-0.3, -0.25) is 0 Å². The highest BCUT2D eigenvalue weighted by molar-refractivity contribution is 5.38. The van der Waals surface area contributed by atoms with Crippen LogP contribution in [-0.2, 0) is 0 Å². The molecule has 0 amide bonds. The van der Waals surface area contributed by atoms with E-state index in [0.717, 1.165) is 5.56 Å². The molecular weight excluding hydrogens is 314 g/mol. The van der Waals surface area contributed by atoms with Crippen molar-refractivity contribution in [2.45, 2.75) is 6.92 Å². The standard InChI is InChI=1S/C13H10N2O.C7H5NO/c1-10-5-6-15-13(7-10)16-12-4-2-3-11(8-12)9-14;8-5-6-2-1-3-7(9)4-6/h2-8H,1H3;1-4,9H. The highest BCUT2D eigenvalue weighted by atomic mass is 16.5. The zero-order chi connectivity index (χ0) is 18.1. The number of benzene rings is 2. The number of hydrogen-bond donors (Lipinski definition) is 1. The van der Waals surface area contributed by atoms with Crippen LogP contribution in [0, 0.1) is 29.6 Å². The minimum atomic E-state index is 0.133. The van der Waals surface area contributed by atoms with Crippen LogP contribution in [0.2, 0.25) is 0 Å². The van der Waals surface area contributed by atoms with Crippen molar-refractivity contribution in [1.29, 1.82) is 10.5 Å². The second-order valence-corrected chi connectivity index (χ2v) is 5.08. The summed E-state index contributed by atoms with van der Waals surface area (Å²) in [5.74, 6) is 1.29. The van der Waals surface area contributed by atoms with Gasteiger partial charge in [0.05, 0.1) is 23.3 Å². The van der Waals surface area contributed by atoms with Gasteiger partial charge < -0.3 is 9.84 Å². The fourth-order valence-electron chi connectivity index (χ4n) is 1.89. The Hall–Kier alpha value is -3.83. The third-order valence-electron chi connectivity index (χ3n) is 3.05. The van der Waals surface area contributed by atoms with E-state index in [4.69, 9.17) is 20.4 Å². The minimum Gasteiger partial charge on any atom is -0.508 e. The van der Waals surface area contributed by atoms with Crippen LogP contribution in [0.1, 0.15) is 16.7 Å². The molecule has 0 aliphatic carbocycles. The topological polar surface area (TPSA) is 89.9 Å². The van der Waals surface area contributed by atoms with Crippen molar-refractivity contribution >= 4 is 0 Å². The highest BCUT2D eigenvalue weighted by Crippen LogP contribution is 2.20. The Bertz CT molecular complexity index is 940. The van der Waals surface area contributed by atoms with Crippen molar-refractivity contribution in [2.75, 3.05) is 0 Å². The number of nitrogens with zero attached hydrogens (tertiary/aromatic N) is 3. The Kier molecular flexibility index (Phi) is 6.11. The number of nitriles is 2. The number of phenolic OH excluding ortho intramolecular Hbond substituents is 1. The second-order valence-electron chi connectivity index (χ2n) is 5.08. The molecule has 25 heavy (non-hydrogen) atoms. The van der Waals surface area contributed by atoms with Crippen molar-refractivity contribution in [3.8, 4) is 29.5 Å². The van der Waals surface area contributed by atoms with E-state index < -0.39 is 0 Å². The Balaban J connectivity index is 0.000000212. The molecule has 3 aromatic rings. The van der Waals surface area contributed by atoms with Crippen LogP contribution in [0.25, 0.3) is 0 Å². The number of aromatic nitrogens is 1. The highest BCUT2D eigenvalue weighted by Gasteiger charge is 1.99. The van der Waals surface area contributed by atoms with Gasteiger partial charge in [0, 0.05) is 12.3 Å². The van der Waals surface area contributed by atoms with E-state index in [-0.39, 0.29) is 5.75 Å². The third-order valence-corrected chi connectivity index (χ3v) is 3.05. The molecule has 0 unspecified atom stereocenters. The Morgan fingerprint density at radius 2 is 1.60 bits per heavy atom.